The fraction of sp³-hybridized carbons (Fsp3) is 0.356. The molecule has 0 radical (unpaired) electrons. The van der Waals surface area contributed by atoms with Gasteiger partial charge in [0, 0.05) is 63.6 Å². The van der Waals surface area contributed by atoms with Crippen molar-refractivity contribution >= 4 is 58.6 Å². The van der Waals surface area contributed by atoms with Crippen molar-refractivity contribution in [3.8, 4) is 40.2 Å². The number of nitrogens with zero attached hydrogens (tertiary/aromatic N) is 5. The first-order valence-electron chi connectivity index (χ1n) is 26.3. The van der Waals surface area contributed by atoms with Crippen LogP contribution in [-0.2, 0) is 43.7 Å². The van der Waals surface area contributed by atoms with Crippen molar-refractivity contribution in [3.63, 3.8) is 0 Å². The van der Waals surface area contributed by atoms with Crippen LogP contribution in [0.5, 0.6) is 23.0 Å². The topological polar surface area (TPSA) is 217 Å². The number of nitrogens with one attached hydrogen (secondary N) is 2. The van der Waals surface area contributed by atoms with E-state index in [4.69, 9.17) is 30.5 Å². The molecule has 402 valence electrons. The highest BCUT2D eigenvalue weighted by atomic mass is 35.5. The van der Waals surface area contributed by atoms with Crippen molar-refractivity contribution in [2.45, 2.75) is 90.1 Å². The lowest BCUT2D eigenvalue weighted by atomic mass is 9.96. The summed E-state index contributed by atoms with van der Waals surface area (Å²) in [6.07, 6.45) is 2.69. The molecule has 2 unspecified atom stereocenters. The summed E-state index contributed by atoms with van der Waals surface area (Å²) in [5.41, 5.74) is 6.28. The number of imide groups is 2. The van der Waals surface area contributed by atoms with E-state index in [9.17, 15) is 38.8 Å². The molecule has 7 amide bonds. The first kappa shape index (κ1) is 53.1. The Morgan fingerprint density at radius 1 is 0.769 bits per heavy atom. The number of likely N-dealkylation sites (tertiary alicyclic amines) is 1. The number of nitriles is 1. The van der Waals surface area contributed by atoms with Gasteiger partial charge in [-0.05, 0) is 109 Å². The number of benzene rings is 5. The molecule has 0 saturated carbocycles. The van der Waals surface area contributed by atoms with Gasteiger partial charge in [0.1, 0.15) is 44.0 Å². The van der Waals surface area contributed by atoms with Gasteiger partial charge in [-0.15, -0.1) is 0 Å². The summed E-state index contributed by atoms with van der Waals surface area (Å²) < 4.78 is 24.6. The zero-order chi connectivity index (χ0) is 54.5. The number of hydrogen-bond acceptors (Lipinski definition) is 13. The SMILES string of the molecule is Cc1c(COc2cc(OCc3cccc(C#N)c3)c(CN3CCCCC3C(=O)N3CCN(C(=O)CCCC(=O)Nc4cccc5c4C(=O)N(C4CCC(=O)NC4=O)C5=O)CC3)cc2Cl)cccc1-c1ccc2c(c1)OCCO2. The third-order valence-corrected chi connectivity index (χ3v) is 15.3. The summed E-state index contributed by atoms with van der Waals surface area (Å²) in [6, 6.07) is 28.0. The van der Waals surface area contributed by atoms with E-state index in [0.717, 1.165) is 56.9 Å². The number of anilines is 1. The van der Waals surface area contributed by atoms with Gasteiger partial charge >= 0.3 is 0 Å². The first-order valence-corrected chi connectivity index (χ1v) is 26.7. The maximum Gasteiger partial charge on any atom is 0.264 e. The van der Waals surface area contributed by atoms with E-state index in [1.807, 2.05) is 53.4 Å². The Kier molecular flexibility index (Phi) is 16.0. The standard InChI is InChI=1S/C59H58ClN7O11/c1-36-40(10-5-11-42(36)39-17-19-48-51(30-39)76-27-26-75-48)35-78-50-31-49(77-34-38-9-4-8-37(28-38)32-61)41(29-44(50)60)33-66-21-3-2-14-47(66)58(73)65-24-22-64(23-25-65)54(70)16-7-15-52(68)62-45-13-6-12-43-55(45)59(74)67(57(43)72)46-18-20-53(69)63-56(46)71/h4-6,8-13,17,19,28-31,46-47H,2-3,7,14-16,18,20-27,33-35H2,1H3,(H,62,68)(H,63,69,71). The molecule has 0 bridgehead atoms. The largest absolute Gasteiger partial charge is 0.488 e. The Morgan fingerprint density at radius 3 is 2.33 bits per heavy atom. The lowest BCUT2D eigenvalue weighted by Crippen LogP contribution is -2.56. The Balaban J connectivity index is 0.751. The van der Waals surface area contributed by atoms with Gasteiger partial charge in [0.25, 0.3) is 11.8 Å². The molecule has 2 N–H and O–H groups in total. The molecule has 2 atom stereocenters. The highest BCUT2D eigenvalue weighted by molar-refractivity contribution is 6.32. The van der Waals surface area contributed by atoms with Crippen molar-refractivity contribution in [2.24, 2.45) is 0 Å². The molecule has 0 aromatic heterocycles. The van der Waals surface area contributed by atoms with Crippen LogP contribution in [0.2, 0.25) is 5.02 Å². The van der Waals surface area contributed by atoms with E-state index in [-0.39, 0.29) is 73.9 Å². The molecule has 5 aromatic rings. The fourth-order valence-electron chi connectivity index (χ4n) is 10.8. The second kappa shape index (κ2) is 23.5. The quantitative estimate of drug-likeness (QED) is 0.0926. The summed E-state index contributed by atoms with van der Waals surface area (Å²) in [5, 5.41) is 14.8. The zero-order valence-electron chi connectivity index (χ0n) is 43.1. The van der Waals surface area contributed by atoms with Gasteiger partial charge in [-0.3, -0.25) is 48.7 Å². The lowest BCUT2D eigenvalue weighted by Gasteiger charge is -2.41. The number of hydrogen-bond donors (Lipinski definition) is 2. The van der Waals surface area contributed by atoms with E-state index in [0.29, 0.717) is 86.7 Å². The van der Waals surface area contributed by atoms with E-state index in [1.165, 1.54) is 18.2 Å². The monoisotopic (exact) mass is 1080 g/mol. The van der Waals surface area contributed by atoms with Gasteiger partial charge in [0.2, 0.25) is 29.5 Å². The van der Waals surface area contributed by atoms with Gasteiger partial charge < -0.3 is 34.1 Å². The van der Waals surface area contributed by atoms with Crippen molar-refractivity contribution in [1.29, 1.82) is 5.26 Å². The molecule has 78 heavy (non-hydrogen) atoms. The van der Waals surface area contributed by atoms with Crippen LogP contribution in [0.15, 0.2) is 91.0 Å². The zero-order valence-corrected chi connectivity index (χ0v) is 43.9. The van der Waals surface area contributed by atoms with Crippen molar-refractivity contribution < 1.29 is 52.5 Å². The summed E-state index contributed by atoms with van der Waals surface area (Å²) in [4.78, 5) is 98.5. The summed E-state index contributed by atoms with van der Waals surface area (Å²) in [5.74, 6) is -0.841. The van der Waals surface area contributed by atoms with E-state index in [1.54, 1.807) is 23.1 Å². The predicted octanol–water partition coefficient (Wildman–Crippen LogP) is 7.35. The smallest absolute Gasteiger partial charge is 0.264 e. The molecule has 3 fully saturated rings. The average Bonchev–Trinajstić information content (AvgIpc) is 3.86. The second-order valence-electron chi connectivity index (χ2n) is 20.0. The third kappa shape index (κ3) is 11.5. The number of rotatable bonds is 16. The molecule has 10 rings (SSSR count). The molecular formula is C59H58ClN7O11. The Morgan fingerprint density at radius 2 is 1.53 bits per heavy atom. The summed E-state index contributed by atoms with van der Waals surface area (Å²) >= 11 is 7.05. The van der Waals surface area contributed by atoms with Gasteiger partial charge in [0.15, 0.2) is 11.5 Å². The Hall–Kier alpha value is -8.27. The van der Waals surface area contributed by atoms with Crippen LogP contribution in [0.4, 0.5) is 5.69 Å². The molecule has 18 nitrogen and oxygen atoms in total. The van der Waals surface area contributed by atoms with Gasteiger partial charge in [-0.1, -0.05) is 60.5 Å². The van der Waals surface area contributed by atoms with Gasteiger partial charge in [-0.2, -0.15) is 5.26 Å². The number of carbonyl (C=O) groups is 7. The van der Waals surface area contributed by atoms with Crippen LogP contribution in [0.1, 0.15) is 99.9 Å². The van der Waals surface area contributed by atoms with Crippen LogP contribution in [0, 0.1) is 18.3 Å². The second-order valence-corrected chi connectivity index (χ2v) is 20.4. The van der Waals surface area contributed by atoms with E-state index < -0.39 is 41.6 Å². The highest BCUT2D eigenvalue weighted by Gasteiger charge is 2.46. The Bertz CT molecular complexity index is 3260. The number of fused-ring (bicyclic) bond motifs is 2. The third-order valence-electron chi connectivity index (χ3n) is 15.0. The van der Waals surface area contributed by atoms with Crippen LogP contribution in [0.3, 0.4) is 0 Å². The minimum Gasteiger partial charge on any atom is -0.488 e. The highest BCUT2D eigenvalue weighted by Crippen LogP contribution is 2.39. The first-order chi connectivity index (χ1) is 37.8. The molecule has 5 aromatic carbocycles. The minimum absolute atomic E-state index is 0.00467. The summed E-state index contributed by atoms with van der Waals surface area (Å²) in [7, 11) is 0. The number of amides is 7. The van der Waals surface area contributed by atoms with Crippen molar-refractivity contribution in [3.05, 3.63) is 135 Å². The Labute approximate surface area is 456 Å². The van der Waals surface area contributed by atoms with Crippen LogP contribution in [0.25, 0.3) is 11.1 Å². The van der Waals surface area contributed by atoms with Crippen LogP contribution in [-0.4, -0.2) is 119 Å². The van der Waals surface area contributed by atoms with Crippen molar-refractivity contribution in [2.75, 3.05) is 51.3 Å². The average molecular weight is 1080 g/mol. The molecule has 0 spiro atoms. The molecular weight excluding hydrogens is 1020 g/mol. The normalized spacial score (nSPS) is 18.2. The molecule has 5 heterocycles. The van der Waals surface area contributed by atoms with Gasteiger partial charge in [0.05, 0.1) is 39.5 Å². The minimum atomic E-state index is -1.14. The van der Waals surface area contributed by atoms with Crippen molar-refractivity contribution in [1.82, 2.24) is 24.9 Å². The lowest BCUT2D eigenvalue weighted by molar-refractivity contribution is -0.144. The number of piperazine rings is 1. The van der Waals surface area contributed by atoms with Gasteiger partial charge in [-0.25, -0.2) is 0 Å². The fourth-order valence-corrected chi connectivity index (χ4v) is 11.1. The number of piperidine rings is 2. The number of carbonyl (C=O) groups excluding carboxylic acids is 7. The number of halogens is 1. The maximum atomic E-state index is 14.4. The molecule has 19 heteroatoms. The molecule has 3 saturated heterocycles. The molecule has 0 aliphatic carbocycles. The number of ether oxygens (including phenoxy) is 4. The maximum absolute atomic E-state index is 14.4. The molecule has 5 aliphatic rings. The summed E-state index contributed by atoms with van der Waals surface area (Å²) in [6.45, 7) is 5.89. The predicted molar refractivity (Wildman–Crippen MR) is 286 cm³/mol. The molecule has 5 aliphatic heterocycles. The van der Waals surface area contributed by atoms with Crippen LogP contribution < -0.4 is 29.6 Å². The van der Waals surface area contributed by atoms with Crippen LogP contribution >= 0.6 is 11.6 Å². The van der Waals surface area contributed by atoms with E-state index in [2.05, 4.69) is 34.6 Å². The van der Waals surface area contributed by atoms with E-state index >= 15 is 0 Å².